The van der Waals surface area contributed by atoms with E-state index in [2.05, 4.69) is 10.5 Å². The van der Waals surface area contributed by atoms with Crippen LogP contribution in [0.4, 0.5) is 0 Å². The fourth-order valence-electron chi connectivity index (χ4n) is 1.71. The number of benzene rings is 1. The van der Waals surface area contributed by atoms with Gasteiger partial charge in [0.25, 0.3) is 0 Å². The maximum atomic E-state index is 11.6. The van der Waals surface area contributed by atoms with Gasteiger partial charge in [-0.3, -0.25) is 4.79 Å². The molecule has 5 nitrogen and oxygen atoms in total. The second kappa shape index (κ2) is 5.75. The first-order valence-electron chi connectivity index (χ1n) is 5.83. The minimum absolute atomic E-state index is 0.138. The van der Waals surface area contributed by atoms with Gasteiger partial charge in [0.1, 0.15) is 0 Å². The first kappa shape index (κ1) is 12.7. The largest absolute Gasteiger partial charge is 0.347 e. The summed E-state index contributed by atoms with van der Waals surface area (Å²) in [7, 11) is 0. The molecule has 1 aliphatic rings. The van der Waals surface area contributed by atoms with Gasteiger partial charge in [-0.05, 0) is 12.5 Å². The SMILES string of the molecule is CC1(CC(=O)N/N=C\c2ccccc2)OCCO1. The highest BCUT2D eigenvalue weighted by Crippen LogP contribution is 2.21. The van der Waals surface area contributed by atoms with Crippen molar-refractivity contribution in [3.05, 3.63) is 35.9 Å². The number of carbonyl (C=O) groups is 1. The first-order valence-corrected chi connectivity index (χ1v) is 5.83. The summed E-state index contributed by atoms with van der Waals surface area (Å²) in [5, 5.41) is 3.88. The highest BCUT2D eigenvalue weighted by molar-refractivity contribution is 5.82. The van der Waals surface area contributed by atoms with Gasteiger partial charge in [-0.25, -0.2) is 5.43 Å². The lowest BCUT2D eigenvalue weighted by atomic mass is 10.2. The molecule has 1 amide bonds. The van der Waals surface area contributed by atoms with Crippen LogP contribution in [0.15, 0.2) is 35.4 Å². The molecule has 1 aromatic carbocycles. The van der Waals surface area contributed by atoms with Crippen molar-refractivity contribution < 1.29 is 14.3 Å². The van der Waals surface area contributed by atoms with E-state index in [0.29, 0.717) is 13.2 Å². The van der Waals surface area contributed by atoms with E-state index in [0.717, 1.165) is 5.56 Å². The Hall–Kier alpha value is -1.72. The summed E-state index contributed by atoms with van der Waals surface area (Å²) in [5.74, 6) is -1.04. The van der Waals surface area contributed by atoms with Crippen LogP contribution < -0.4 is 5.43 Å². The van der Waals surface area contributed by atoms with Gasteiger partial charge < -0.3 is 9.47 Å². The highest BCUT2D eigenvalue weighted by atomic mass is 16.7. The number of hydrogen-bond donors (Lipinski definition) is 1. The molecule has 0 aromatic heterocycles. The molecule has 0 bridgehead atoms. The molecule has 0 atom stereocenters. The molecule has 1 aliphatic heterocycles. The van der Waals surface area contributed by atoms with Gasteiger partial charge in [0.05, 0.1) is 25.8 Å². The summed E-state index contributed by atoms with van der Waals surface area (Å²) in [6.45, 7) is 2.80. The smallest absolute Gasteiger partial charge is 0.245 e. The third-order valence-electron chi connectivity index (χ3n) is 2.58. The van der Waals surface area contributed by atoms with Crippen LogP contribution in [0.3, 0.4) is 0 Å². The molecule has 1 saturated heterocycles. The maximum Gasteiger partial charge on any atom is 0.245 e. The van der Waals surface area contributed by atoms with Crippen molar-refractivity contribution in [1.82, 2.24) is 5.43 Å². The van der Waals surface area contributed by atoms with Crippen LogP contribution >= 0.6 is 0 Å². The third kappa shape index (κ3) is 3.65. The van der Waals surface area contributed by atoms with Gasteiger partial charge in [0, 0.05) is 0 Å². The van der Waals surface area contributed by atoms with E-state index in [1.54, 1.807) is 13.1 Å². The van der Waals surface area contributed by atoms with Crippen LogP contribution in [0, 0.1) is 0 Å². The first-order chi connectivity index (χ1) is 8.68. The molecule has 1 fully saturated rings. The van der Waals surface area contributed by atoms with E-state index in [9.17, 15) is 4.79 Å². The molecule has 0 saturated carbocycles. The lowest BCUT2D eigenvalue weighted by Gasteiger charge is -2.20. The number of nitrogens with zero attached hydrogens (tertiary/aromatic N) is 1. The summed E-state index contributed by atoms with van der Waals surface area (Å²) in [6, 6.07) is 9.54. The number of rotatable bonds is 4. The molecule has 0 radical (unpaired) electrons. The summed E-state index contributed by atoms with van der Waals surface area (Å²) >= 11 is 0. The van der Waals surface area contributed by atoms with Crippen molar-refractivity contribution in [2.75, 3.05) is 13.2 Å². The van der Waals surface area contributed by atoms with E-state index in [-0.39, 0.29) is 12.3 Å². The highest BCUT2D eigenvalue weighted by Gasteiger charge is 2.33. The Kier molecular flexibility index (Phi) is 4.07. The van der Waals surface area contributed by atoms with Gasteiger partial charge in [0.15, 0.2) is 5.79 Å². The second-order valence-electron chi connectivity index (χ2n) is 4.21. The molecule has 0 aliphatic carbocycles. The maximum absolute atomic E-state index is 11.6. The van der Waals surface area contributed by atoms with Crippen molar-refractivity contribution >= 4 is 12.1 Å². The van der Waals surface area contributed by atoms with Crippen molar-refractivity contribution in [1.29, 1.82) is 0 Å². The predicted octanol–water partition coefficient (Wildman–Crippen LogP) is 1.29. The number of nitrogens with one attached hydrogen (secondary N) is 1. The predicted molar refractivity (Wildman–Crippen MR) is 67.1 cm³/mol. The Morgan fingerprint density at radius 1 is 1.39 bits per heavy atom. The number of hydrogen-bond acceptors (Lipinski definition) is 4. The molecule has 96 valence electrons. The molecule has 1 heterocycles. The van der Waals surface area contributed by atoms with E-state index >= 15 is 0 Å². The Bertz CT molecular complexity index is 425. The average Bonchev–Trinajstić information content (AvgIpc) is 2.77. The molecule has 0 unspecified atom stereocenters. The van der Waals surface area contributed by atoms with Gasteiger partial charge in [-0.1, -0.05) is 30.3 Å². The molecule has 1 aromatic rings. The standard InChI is InChI=1S/C13H16N2O3/c1-13(17-7-8-18-13)9-12(16)15-14-10-11-5-3-2-4-6-11/h2-6,10H,7-9H2,1H3,(H,15,16)/b14-10-. The number of carbonyl (C=O) groups excluding carboxylic acids is 1. The van der Waals surface area contributed by atoms with E-state index in [4.69, 9.17) is 9.47 Å². The van der Waals surface area contributed by atoms with Crippen LogP contribution in [0.1, 0.15) is 18.9 Å². The Labute approximate surface area is 106 Å². The minimum Gasteiger partial charge on any atom is -0.347 e. The van der Waals surface area contributed by atoms with Gasteiger partial charge in [-0.15, -0.1) is 0 Å². The number of ether oxygens (including phenoxy) is 2. The second-order valence-corrected chi connectivity index (χ2v) is 4.21. The van der Waals surface area contributed by atoms with Crippen LogP contribution in [-0.4, -0.2) is 31.1 Å². The molecular formula is C13H16N2O3. The Morgan fingerprint density at radius 3 is 2.72 bits per heavy atom. The summed E-state index contributed by atoms with van der Waals surface area (Å²) in [5.41, 5.74) is 3.38. The lowest BCUT2D eigenvalue weighted by molar-refractivity contribution is -0.159. The number of amides is 1. The molecule has 5 heteroatoms. The summed E-state index contributed by atoms with van der Waals surface area (Å²) in [4.78, 5) is 11.6. The van der Waals surface area contributed by atoms with Crippen molar-refractivity contribution in [2.24, 2.45) is 5.10 Å². The van der Waals surface area contributed by atoms with Crippen LogP contribution in [0.2, 0.25) is 0 Å². The molecule has 18 heavy (non-hydrogen) atoms. The quantitative estimate of drug-likeness (QED) is 0.645. The number of hydrazone groups is 1. The van der Waals surface area contributed by atoms with Crippen LogP contribution in [0.25, 0.3) is 0 Å². The van der Waals surface area contributed by atoms with E-state index in [1.165, 1.54) is 0 Å². The van der Waals surface area contributed by atoms with E-state index in [1.807, 2.05) is 30.3 Å². The topological polar surface area (TPSA) is 59.9 Å². The molecule has 0 spiro atoms. The third-order valence-corrected chi connectivity index (χ3v) is 2.58. The van der Waals surface area contributed by atoms with Crippen molar-refractivity contribution in [2.45, 2.75) is 19.1 Å². The van der Waals surface area contributed by atoms with E-state index < -0.39 is 5.79 Å². The lowest BCUT2D eigenvalue weighted by Crippen LogP contribution is -2.33. The van der Waals surface area contributed by atoms with Gasteiger partial charge in [-0.2, -0.15) is 5.10 Å². The molecular weight excluding hydrogens is 232 g/mol. The monoisotopic (exact) mass is 248 g/mol. The fourth-order valence-corrected chi connectivity index (χ4v) is 1.71. The molecule has 2 rings (SSSR count). The van der Waals surface area contributed by atoms with Crippen LogP contribution in [-0.2, 0) is 14.3 Å². The Balaban J connectivity index is 1.80. The minimum atomic E-state index is -0.813. The van der Waals surface area contributed by atoms with Crippen LogP contribution in [0.5, 0.6) is 0 Å². The summed E-state index contributed by atoms with van der Waals surface area (Å²) in [6.07, 6.45) is 1.73. The van der Waals surface area contributed by atoms with Crippen molar-refractivity contribution in [3.63, 3.8) is 0 Å². The zero-order chi connectivity index (χ0) is 12.8. The molecule has 1 N–H and O–H groups in total. The average molecular weight is 248 g/mol. The Morgan fingerprint density at radius 2 is 2.06 bits per heavy atom. The van der Waals surface area contributed by atoms with Crippen molar-refractivity contribution in [3.8, 4) is 0 Å². The normalized spacial score (nSPS) is 18.1. The van der Waals surface area contributed by atoms with Gasteiger partial charge >= 0.3 is 0 Å². The van der Waals surface area contributed by atoms with Gasteiger partial charge in [0.2, 0.25) is 5.91 Å². The summed E-state index contributed by atoms with van der Waals surface area (Å²) < 4.78 is 10.7. The zero-order valence-corrected chi connectivity index (χ0v) is 10.3. The zero-order valence-electron chi connectivity index (χ0n) is 10.3. The fraction of sp³-hybridized carbons (Fsp3) is 0.385.